The van der Waals surface area contributed by atoms with E-state index in [-0.39, 0.29) is 6.42 Å². The van der Waals surface area contributed by atoms with E-state index in [1.54, 1.807) is 17.5 Å². The van der Waals surface area contributed by atoms with Crippen molar-refractivity contribution in [3.63, 3.8) is 0 Å². The van der Waals surface area contributed by atoms with Crippen LogP contribution in [-0.2, 0) is 20.7 Å². The van der Waals surface area contributed by atoms with Gasteiger partial charge in [-0.15, -0.1) is 11.3 Å². The summed E-state index contributed by atoms with van der Waals surface area (Å²) in [5, 5.41) is 7.58. The van der Waals surface area contributed by atoms with Gasteiger partial charge < -0.3 is 4.74 Å². The summed E-state index contributed by atoms with van der Waals surface area (Å²) in [5.41, 5.74) is 0.843. The quantitative estimate of drug-likeness (QED) is 0.856. The predicted molar refractivity (Wildman–Crippen MR) is 75.8 cm³/mol. The molecule has 0 fully saturated rings. The summed E-state index contributed by atoms with van der Waals surface area (Å²) in [5.74, 6) is -1.62. The summed E-state index contributed by atoms with van der Waals surface area (Å²) in [4.78, 5) is 34.9. The number of imide groups is 1. The molecule has 2 aromatic rings. The van der Waals surface area contributed by atoms with Crippen molar-refractivity contribution in [3.8, 4) is 0 Å². The van der Waals surface area contributed by atoms with E-state index in [9.17, 15) is 14.4 Å². The van der Waals surface area contributed by atoms with Gasteiger partial charge >= 0.3 is 5.97 Å². The molecule has 104 valence electrons. The highest BCUT2D eigenvalue weighted by Crippen LogP contribution is 2.08. The molecule has 0 saturated heterocycles. The summed E-state index contributed by atoms with van der Waals surface area (Å²) >= 11 is 2.71. The zero-order valence-corrected chi connectivity index (χ0v) is 12.0. The molecule has 0 radical (unpaired) electrons. The van der Waals surface area contributed by atoms with Gasteiger partial charge in [-0.05, 0) is 33.8 Å². The lowest BCUT2D eigenvalue weighted by molar-refractivity contribution is -0.147. The fourth-order valence-corrected chi connectivity index (χ4v) is 2.68. The Balaban J connectivity index is 1.72. The number of hydrogen-bond acceptors (Lipinski definition) is 6. The molecule has 1 N–H and O–H groups in total. The van der Waals surface area contributed by atoms with Crippen molar-refractivity contribution >= 4 is 40.5 Å². The average molecular weight is 309 g/mol. The number of hydrogen-bond donors (Lipinski definition) is 1. The van der Waals surface area contributed by atoms with Crippen LogP contribution in [0.25, 0.3) is 0 Å². The Bertz CT molecular complexity index is 590. The molecule has 0 aliphatic heterocycles. The number of ether oxygens (including phenoxy) is 1. The van der Waals surface area contributed by atoms with Crippen LogP contribution in [0.1, 0.15) is 15.2 Å². The van der Waals surface area contributed by atoms with Crippen molar-refractivity contribution in [2.45, 2.75) is 6.42 Å². The van der Waals surface area contributed by atoms with E-state index < -0.39 is 24.4 Å². The Labute approximate surface area is 123 Å². The molecular weight excluding hydrogens is 298 g/mol. The molecule has 0 atom stereocenters. The van der Waals surface area contributed by atoms with Gasteiger partial charge in [0.25, 0.3) is 11.8 Å². The van der Waals surface area contributed by atoms with Crippen LogP contribution in [0.4, 0.5) is 0 Å². The third kappa shape index (κ3) is 4.29. The van der Waals surface area contributed by atoms with E-state index in [0.29, 0.717) is 4.88 Å². The maximum Gasteiger partial charge on any atom is 0.310 e. The lowest BCUT2D eigenvalue weighted by Crippen LogP contribution is -2.33. The van der Waals surface area contributed by atoms with Crippen molar-refractivity contribution in [3.05, 3.63) is 44.8 Å². The van der Waals surface area contributed by atoms with E-state index in [0.717, 1.165) is 5.56 Å². The Morgan fingerprint density at radius 3 is 2.70 bits per heavy atom. The number of thiophene rings is 2. The summed E-state index contributed by atoms with van der Waals surface area (Å²) in [6.45, 7) is -0.458. The average Bonchev–Trinajstić information content (AvgIpc) is 3.09. The molecule has 0 unspecified atom stereocenters. The van der Waals surface area contributed by atoms with Gasteiger partial charge in [-0.2, -0.15) is 11.3 Å². The molecule has 0 aliphatic carbocycles. The molecule has 2 aromatic heterocycles. The Kier molecular flexibility index (Phi) is 5.03. The monoisotopic (exact) mass is 309 g/mol. The second kappa shape index (κ2) is 6.97. The molecule has 20 heavy (non-hydrogen) atoms. The van der Waals surface area contributed by atoms with Crippen LogP contribution in [0.15, 0.2) is 34.3 Å². The third-order valence-electron chi connectivity index (χ3n) is 2.29. The molecule has 7 heteroatoms. The number of rotatable bonds is 5. The van der Waals surface area contributed by atoms with Gasteiger partial charge in [-0.25, -0.2) is 0 Å². The molecule has 0 bridgehead atoms. The Morgan fingerprint density at radius 2 is 2.05 bits per heavy atom. The van der Waals surface area contributed by atoms with Crippen LogP contribution in [0, 0.1) is 0 Å². The van der Waals surface area contributed by atoms with E-state index >= 15 is 0 Å². The fraction of sp³-hybridized carbons (Fsp3) is 0.154. The van der Waals surface area contributed by atoms with Crippen molar-refractivity contribution < 1.29 is 19.1 Å². The van der Waals surface area contributed by atoms with Gasteiger partial charge in [-0.3, -0.25) is 19.7 Å². The summed E-state index contributed by atoms with van der Waals surface area (Å²) in [7, 11) is 0. The van der Waals surface area contributed by atoms with E-state index in [4.69, 9.17) is 4.74 Å². The normalized spacial score (nSPS) is 10.0. The molecule has 5 nitrogen and oxygen atoms in total. The first-order valence-electron chi connectivity index (χ1n) is 5.69. The highest BCUT2D eigenvalue weighted by atomic mass is 32.1. The standard InChI is InChI=1S/C13H11NO4S2/c15-11(14-13(17)10-2-1-4-20-10)7-18-12(16)6-9-3-5-19-8-9/h1-5,8H,6-7H2,(H,14,15,17). The number of esters is 1. The molecule has 2 rings (SSSR count). The lowest BCUT2D eigenvalue weighted by Gasteiger charge is -2.04. The van der Waals surface area contributed by atoms with Crippen molar-refractivity contribution in [1.82, 2.24) is 5.32 Å². The highest BCUT2D eigenvalue weighted by Gasteiger charge is 2.13. The minimum absolute atomic E-state index is 0.121. The van der Waals surface area contributed by atoms with Gasteiger partial charge in [0.1, 0.15) is 0 Å². The smallest absolute Gasteiger partial charge is 0.310 e. The highest BCUT2D eigenvalue weighted by molar-refractivity contribution is 7.12. The second-order valence-corrected chi connectivity index (χ2v) is 5.55. The van der Waals surface area contributed by atoms with Crippen LogP contribution in [0.3, 0.4) is 0 Å². The molecular formula is C13H11NO4S2. The molecule has 2 heterocycles. The SMILES string of the molecule is O=C(COC(=O)Cc1ccsc1)NC(=O)c1cccs1. The Hall–Kier alpha value is -1.99. The molecule has 0 aliphatic rings. The maximum absolute atomic E-state index is 11.6. The zero-order chi connectivity index (χ0) is 14.4. The topological polar surface area (TPSA) is 72.5 Å². The van der Waals surface area contributed by atoms with E-state index in [1.807, 2.05) is 16.8 Å². The number of amides is 2. The summed E-state index contributed by atoms with van der Waals surface area (Å²) in [6, 6.07) is 5.13. The van der Waals surface area contributed by atoms with Gasteiger partial charge in [0, 0.05) is 0 Å². The molecule has 0 saturated carbocycles. The fourth-order valence-electron chi connectivity index (χ4n) is 1.39. The van der Waals surface area contributed by atoms with Crippen LogP contribution in [0.5, 0.6) is 0 Å². The zero-order valence-electron chi connectivity index (χ0n) is 10.3. The van der Waals surface area contributed by atoms with Crippen LogP contribution in [0.2, 0.25) is 0 Å². The minimum atomic E-state index is -0.637. The first kappa shape index (κ1) is 14.4. The molecule has 0 aromatic carbocycles. The van der Waals surface area contributed by atoms with Crippen molar-refractivity contribution in [2.24, 2.45) is 0 Å². The largest absolute Gasteiger partial charge is 0.455 e. The van der Waals surface area contributed by atoms with Gasteiger partial charge in [-0.1, -0.05) is 6.07 Å². The lowest BCUT2D eigenvalue weighted by atomic mass is 10.2. The second-order valence-electron chi connectivity index (χ2n) is 3.82. The van der Waals surface area contributed by atoms with E-state index in [1.165, 1.54) is 22.7 Å². The van der Waals surface area contributed by atoms with E-state index in [2.05, 4.69) is 5.32 Å². The van der Waals surface area contributed by atoms with Gasteiger partial charge in [0.05, 0.1) is 11.3 Å². The number of carbonyl (C=O) groups is 3. The number of nitrogens with one attached hydrogen (secondary N) is 1. The molecule has 0 spiro atoms. The van der Waals surface area contributed by atoms with Gasteiger partial charge in [0.2, 0.25) is 0 Å². The summed E-state index contributed by atoms with van der Waals surface area (Å²) in [6.07, 6.45) is 0.121. The predicted octanol–water partition coefficient (Wildman–Crippen LogP) is 1.85. The van der Waals surface area contributed by atoms with Crippen molar-refractivity contribution in [2.75, 3.05) is 6.61 Å². The van der Waals surface area contributed by atoms with Crippen LogP contribution >= 0.6 is 22.7 Å². The molecule has 2 amide bonds. The Morgan fingerprint density at radius 1 is 1.20 bits per heavy atom. The first-order valence-corrected chi connectivity index (χ1v) is 7.52. The van der Waals surface area contributed by atoms with Crippen molar-refractivity contribution in [1.29, 1.82) is 0 Å². The van der Waals surface area contributed by atoms with Crippen LogP contribution in [-0.4, -0.2) is 24.4 Å². The number of carbonyl (C=O) groups excluding carboxylic acids is 3. The summed E-state index contributed by atoms with van der Waals surface area (Å²) < 4.78 is 4.80. The maximum atomic E-state index is 11.6. The minimum Gasteiger partial charge on any atom is -0.455 e. The van der Waals surface area contributed by atoms with Gasteiger partial charge in [0.15, 0.2) is 6.61 Å². The first-order chi connectivity index (χ1) is 9.65. The van der Waals surface area contributed by atoms with Crippen LogP contribution < -0.4 is 5.32 Å². The third-order valence-corrected chi connectivity index (χ3v) is 3.89.